The van der Waals surface area contributed by atoms with Crippen LogP contribution in [0.15, 0.2) is 4.99 Å². The van der Waals surface area contributed by atoms with Gasteiger partial charge in [0.05, 0.1) is 5.92 Å². The first-order chi connectivity index (χ1) is 9.82. The minimum atomic E-state index is -4.04. The van der Waals surface area contributed by atoms with Crippen LogP contribution in [0, 0.1) is 11.3 Å². The average molecular weight is 433 g/mol. The Morgan fingerprint density at radius 1 is 1.18 bits per heavy atom. The zero-order valence-electron chi connectivity index (χ0n) is 13.3. The highest BCUT2D eigenvalue weighted by atomic mass is 127. The molecule has 0 atom stereocenters. The molecule has 0 aliphatic heterocycles. The maximum atomic E-state index is 12.7. The van der Waals surface area contributed by atoms with E-state index in [4.69, 9.17) is 0 Å². The van der Waals surface area contributed by atoms with Crippen molar-refractivity contribution in [3.8, 4) is 0 Å². The second-order valence-electron chi connectivity index (χ2n) is 6.74. The fourth-order valence-corrected chi connectivity index (χ4v) is 2.72. The highest BCUT2D eigenvalue weighted by Crippen LogP contribution is 2.45. The van der Waals surface area contributed by atoms with E-state index in [2.05, 4.69) is 22.5 Å². The minimum Gasteiger partial charge on any atom is -0.357 e. The minimum absolute atomic E-state index is 0. The van der Waals surface area contributed by atoms with Crippen LogP contribution in [-0.4, -0.2) is 31.3 Å². The van der Waals surface area contributed by atoms with Gasteiger partial charge in [-0.05, 0) is 50.9 Å². The van der Waals surface area contributed by atoms with Crippen LogP contribution < -0.4 is 10.6 Å². The Morgan fingerprint density at radius 3 is 2.23 bits per heavy atom. The number of halogens is 4. The SMILES string of the molecule is CCNC(=NCC1(C)CC1)NC1CCC(C(F)(F)F)CC1.I. The van der Waals surface area contributed by atoms with E-state index in [1.54, 1.807) is 0 Å². The molecular weight excluding hydrogens is 406 g/mol. The van der Waals surface area contributed by atoms with E-state index < -0.39 is 12.1 Å². The van der Waals surface area contributed by atoms with Crippen molar-refractivity contribution in [2.75, 3.05) is 13.1 Å². The zero-order valence-corrected chi connectivity index (χ0v) is 15.6. The van der Waals surface area contributed by atoms with E-state index in [0.29, 0.717) is 18.3 Å². The molecule has 2 N–H and O–H groups in total. The lowest BCUT2D eigenvalue weighted by atomic mass is 9.85. The van der Waals surface area contributed by atoms with Gasteiger partial charge < -0.3 is 10.6 Å². The van der Waals surface area contributed by atoms with Crippen molar-refractivity contribution in [3.63, 3.8) is 0 Å². The summed E-state index contributed by atoms with van der Waals surface area (Å²) in [5, 5.41) is 6.49. The topological polar surface area (TPSA) is 36.4 Å². The van der Waals surface area contributed by atoms with Crippen LogP contribution >= 0.6 is 24.0 Å². The summed E-state index contributed by atoms with van der Waals surface area (Å²) in [5.74, 6) is -0.374. The van der Waals surface area contributed by atoms with Crippen LogP contribution in [0.2, 0.25) is 0 Å². The summed E-state index contributed by atoms with van der Waals surface area (Å²) < 4.78 is 38.0. The third-order valence-corrected chi connectivity index (χ3v) is 4.60. The maximum Gasteiger partial charge on any atom is 0.391 e. The van der Waals surface area contributed by atoms with Gasteiger partial charge in [0.15, 0.2) is 5.96 Å². The molecule has 2 aliphatic rings. The molecule has 2 fully saturated rings. The quantitative estimate of drug-likeness (QED) is 0.398. The number of nitrogens with one attached hydrogen (secondary N) is 2. The highest BCUT2D eigenvalue weighted by molar-refractivity contribution is 14.0. The number of rotatable bonds is 4. The Morgan fingerprint density at radius 2 is 1.77 bits per heavy atom. The van der Waals surface area contributed by atoms with Crippen LogP contribution in [0.4, 0.5) is 13.2 Å². The van der Waals surface area contributed by atoms with Crippen molar-refractivity contribution in [1.29, 1.82) is 0 Å². The maximum absolute atomic E-state index is 12.7. The number of hydrogen-bond acceptors (Lipinski definition) is 1. The van der Waals surface area contributed by atoms with Crippen molar-refractivity contribution < 1.29 is 13.2 Å². The van der Waals surface area contributed by atoms with Gasteiger partial charge >= 0.3 is 6.18 Å². The van der Waals surface area contributed by atoms with E-state index >= 15 is 0 Å². The summed E-state index contributed by atoms with van der Waals surface area (Å²) in [6.45, 7) is 5.77. The normalized spacial score (nSPS) is 27.8. The number of alkyl halides is 3. The van der Waals surface area contributed by atoms with Gasteiger partial charge in [0.25, 0.3) is 0 Å². The van der Waals surface area contributed by atoms with Crippen molar-refractivity contribution >= 4 is 29.9 Å². The van der Waals surface area contributed by atoms with Gasteiger partial charge in [-0.15, -0.1) is 24.0 Å². The Hall–Kier alpha value is -0.210. The van der Waals surface area contributed by atoms with E-state index in [-0.39, 0.29) is 42.9 Å². The summed E-state index contributed by atoms with van der Waals surface area (Å²) in [5.41, 5.74) is 0.344. The van der Waals surface area contributed by atoms with Gasteiger partial charge in [0.1, 0.15) is 0 Å². The third-order valence-electron chi connectivity index (χ3n) is 4.60. The lowest BCUT2D eigenvalue weighted by Gasteiger charge is -2.31. The predicted octanol–water partition coefficient (Wildman–Crippen LogP) is 4.08. The van der Waals surface area contributed by atoms with Gasteiger partial charge in [0, 0.05) is 19.1 Å². The number of aliphatic imine (C=N–C) groups is 1. The second-order valence-corrected chi connectivity index (χ2v) is 6.74. The molecule has 0 unspecified atom stereocenters. The Labute approximate surface area is 147 Å². The standard InChI is InChI=1S/C15H26F3N3.HI/c1-3-19-13(20-10-14(2)8-9-14)21-12-6-4-11(5-7-12)15(16,17)18;/h11-12H,3-10H2,1-2H3,(H2,19,20,21);1H. The largest absolute Gasteiger partial charge is 0.391 e. The number of nitrogens with zero attached hydrogens (tertiary/aromatic N) is 1. The molecule has 22 heavy (non-hydrogen) atoms. The molecule has 2 rings (SSSR count). The molecule has 0 heterocycles. The summed E-state index contributed by atoms with van der Waals surface area (Å²) in [4.78, 5) is 4.58. The molecule has 0 amide bonds. The first-order valence-electron chi connectivity index (χ1n) is 7.94. The molecule has 3 nitrogen and oxygen atoms in total. The molecule has 0 saturated heterocycles. The summed E-state index contributed by atoms with van der Waals surface area (Å²) in [6, 6.07) is 0.105. The Balaban J connectivity index is 0.00000242. The Bertz CT molecular complexity index is 373. The smallest absolute Gasteiger partial charge is 0.357 e. The summed E-state index contributed by atoms with van der Waals surface area (Å²) >= 11 is 0. The highest BCUT2D eigenvalue weighted by Gasteiger charge is 2.41. The zero-order chi connectivity index (χ0) is 15.5. The van der Waals surface area contributed by atoms with E-state index in [1.807, 2.05) is 6.92 Å². The van der Waals surface area contributed by atoms with Crippen molar-refractivity contribution in [2.24, 2.45) is 16.3 Å². The number of hydrogen-bond donors (Lipinski definition) is 2. The monoisotopic (exact) mass is 433 g/mol. The van der Waals surface area contributed by atoms with Crippen LogP contribution in [0.1, 0.15) is 52.4 Å². The molecule has 0 aromatic carbocycles. The molecule has 2 aliphatic carbocycles. The summed E-state index contributed by atoms with van der Waals surface area (Å²) in [6.07, 6.45) is -0.0440. The molecule has 0 aromatic rings. The fraction of sp³-hybridized carbons (Fsp3) is 0.933. The van der Waals surface area contributed by atoms with Gasteiger partial charge in [-0.1, -0.05) is 6.92 Å². The molecule has 0 radical (unpaired) electrons. The third kappa shape index (κ3) is 6.12. The molecule has 0 aromatic heterocycles. The van der Waals surface area contributed by atoms with E-state index in [1.165, 1.54) is 12.8 Å². The number of guanidine groups is 1. The Kier molecular flexibility index (Phi) is 7.26. The molecular formula is C15H27F3IN3. The molecule has 0 spiro atoms. The van der Waals surface area contributed by atoms with E-state index in [0.717, 1.165) is 19.0 Å². The lowest BCUT2D eigenvalue weighted by Crippen LogP contribution is -2.46. The molecule has 0 bridgehead atoms. The van der Waals surface area contributed by atoms with Crippen LogP contribution in [-0.2, 0) is 0 Å². The van der Waals surface area contributed by atoms with Crippen LogP contribution in [0.25, 0.3) is 0 Å². The lowest BCUT2D eigenvalue weighted by molar-refractivity contribution is -0.182. The molecule has 2 saturated carbocycles. The molecule has 130 valence electrons. The van der Waals surface area contributed by atoms with Crippen LogP contribution in [0.5, 0.6) is 0 Å². The first-order valence-corrected chi connectivity index (χ1v) is 7.94. The van der Waals surface area contributed by atoms with Gasteiger partial charge in [0.2, 0.25) is 0 Å². The van der Waals surface area contributed by atoms with Crippen molar-refractivity contribution in [2.45, 2.75) is 64.6 Å². The van der Waals surface area contributed by atoms with Gasteiger partial charge in [-0.3, -0.25) is 4.99 Å². The van der Waals surface area contributed by atoms with Crippen molar-refractivity contribution in [1.82, 2.24) is 10.6 Å². The van der Waals surface area contributed by atoms with Gasteiger partial charge in [-0.2, -0.15) is 13.2 Å². The van der Waals surface area contributed by atoms with Crippen LogP contribution in [0.3, 0.4) is 0 Å². The fourth-order valence-electron chi connectivity index (χ4n) is 2.72. The average Bonchev–Trinajstić information content (AvgIpc) is 3.14. The van der Waals surface area contributed by atoms with Crippen molar-refractivity contribution in [3.05, 3.63) is 0 Å². The van der Waals surface area contributed by atoms with E-state index in [9.17, 15) is 13.2 Å². The first kappa shape index (κ1) is 19.8. The predicted molar refractivity (Wildman–Crippen MR) is 93.7 cm³/mol. The van der Waals surface area contributed by atoms with Gasteiger partial charge in [-0.25, -0.2) is 0 Å². The molecule has 7 heteroatoms. The second kappa shape index (κ2) is 8.06. The summed E-state index contributed by atoms with van der Waals surface area (Å²) in [7, 11) is 0.